The van der Waals surface area contributed by atoms with E-state index in [0.29, 0.717) is 6.42 Å². The van der Waals surface area contributed by atoms with Crippen LogP contribution in [0.5, 0.6) is 0 Å². The van der Waals surface area contributed by atoms with Crippen LogP contribution in [0.1, 0.15) is 5.56 Å². The average Bonchev–Trinajstić information content (AvgIpc) is 2.75. The van der Waals surface area contributed by atoms with E-state index in [1.54, 1.807) is 25.4 Å². The van der Waals surface area contributed by atoms with E-state index in [4.69, 9.17) is 5.73 Å². The number of carbonyl (C=O) groups excluding carboxylic acids is 1. The van der Waals surface area contributed by atoms with Crippen molar-refractivity contribution in [3.8, 4) is 0 Å². The molecule has 1 aromatic carbocycles. The number of hydrogen-bond acceptors (Lipinski definition) is 4. The molecular formula is C12H17N5O. The summed E-state index contributed by atoms with van der Waals surface area (Å²) in [6, 6.07) is 5.25. The quantitative estimate of drug-likeness (QED) is 0.665. The number of aromatic amines is 1. The molecule has 1 unspecified atom stereocenters. The number of nitrogens with one attached hydrogen (secondary N) is 2. The first-order chi connectivity index (χ1) is 8.56. The van der Waals surface area contributed by atoms with Crippen molar-refractivity contribution in [3.05, 3.63) is 30.1 Å². The van der Waals surface area contributed by atoms with E-state index in [9.17, 15) is 4.79 Å². The second kappa shape index (κ2) is 5.16. The Balaban J connectivity index is 2.06. The van der Waals surface area contributed by atoms with Crippen LogP contribution in [0.25, 0.3) is 11.0 Å². The summed E-state index contributed by atoms with van der Waals surface area (Å²) in [5.41, 5.74) is 11.4. The van der Waals surface area contributed by atoms with Gasteiger partial charge < -0.3 is 10.7 Å². The molecule has 1 atom stereocenters. The standard InChI is InChI=1S/C12H17N5O/c1-17(2)16-12(18)9(13)5-8-3-4-10-11(6-8)15-7-14-10/h3-4,6-7,9H,5,13H2,1-2H3,(H,14,15)(H,16,18). The monoisotopic (exact) mass is 247 g/mol. The van der Waals surface area contributed by atoms with Gasteiger partial charge in [-0.2, -0.15) is 0 Å². The molecule has 18 heavy (non-hydrogen) atoms. The molecule has 0 radical (unpaired) electrons. The summed E-state index contributed by atoms with van der Waals surface area (Å²) in [5, 5.41) is 1.58. The van der Waals surface area contributed by atoms with E-state index in [1.165, 1.54) is 0 Å². The number of nitrogens with two attached hydrogens (primary N) is 1. The Labute approximate surface area is 105 Å². The SMILES string of the molecule is CN(C)NC(=O)C(N)Cc1ccc2nc[nH]c2c1. The lowest BCUT2D eigenvalue weighted by Gasteiger charge is -2.16. The second-order valence-electron chi connectivity index (χ2n) is 4.44. The molecule has 6 nitrogen and oxygen atoms in total. The Bertz CT molecular complexity index is 548. The highest BCUT2D eigenvalue weighted by Gasteiger charge is 2.14. The number of benzene rings is 1. The van der Waals surface area contributed by atoms with Crippen LogP contribution in [0.2, 0.25) is 0 Å². The van der Waals surface area contributed by atoms with Gasteiger partial charge in [-0.05, 0) is 24.1 Å². The zero-order valence-electron chi connectivity index (χ0n) is 10.5. The molecule has 2 aromatic rings. The van der Waals surface area contributed by atoms with Crippen molar-refractivity contribution in [1.29, 1.82) is 0 Å². The molecule has 1 heterocycles. The van der Waals surface area contributed by atoms with Crippen molar-refractivity contribution >= 4 is 16.9 Å². The molecular weight excluding hydrogens is 230 g/mol. The third-order valence-electron chi connectivity index (χ3n) is 2.61. The maximum atomic E-state index is 11.7. The fourth-order valence-corrected chi connectivity index (χ4v) is 1.76. The number of nitrogens with zero attached hydrogens (tertiary/aromatic N) is 2. The molecule has 0 aliphatic heterocycles. The average molecular weight is 247 g/mol. The minimum Gasteiger partial charge on any atom is -0.345 e. The van der Waals surface area contributed by atoms with Crippen LogP contribution in [0.4, 0.5) is 0 Å². The van der Waals surface area contributed by atoms with E-state index < -0.39 is 6.04 Å². The van der Waals surface area contributed by atoms with Gasteiger partial charge in [0.15, 0.2) is 0 Å². The minimum atomic E-state index is -0.562. The molecule has 0 saturated heterocycles. The van der Waals surface area contributed by atoms with Crippen molar-refractivity contribution < 1.29 is 4.79 Å². The molecule has 1 amide bonds. The van der Waals surface area contributed by atoms with Gasteiger partial charge in [0.05, 0.1) is 23.4 Å². The van der Waals surface area contributed by atoms with Gasteiger partial charge in [-0.1, -0.05) is 6.07 Å². The topological polar surface area (TPSA) is 87.0 Å². The second-order valence-corrected chi connectivity index (χ2v) is 4.44. The van der Waals surface area contributed by atoms with E-state index >= 15 is 0 Å². The summed E-state index contributed by atoms with van der Waals surface area (Å²) >= 11 is 0. The van der Waals surface area contributed by atoms with Crippen molar-refractivity contribution in [2.24, 2.45) is 5.73 Å². The van der Waals surface area contributed by atoms with Gasteiger partial charge in [0.25, 0.3) is 5.91 Å². The Morgan fingerprint density at radius 2 is 2.33 bits per heavy atom. The number of hydrazine groups is 1. The summed E-state index contributed by atoms with van der Waals surface area (Å²) in [6.07, 6.45) is 2.14. The van der Waals surface area contributed by atoms with E-state index in [1.807, 2.05) is 18.2 Å². The number of fused-ring (bicyclic) bond motifs is 1. The van der Waals surface area contributed by atoms with Gasteiger partial charge in [-0.25, -0.2) is 9.99 Å². The summed E-state index contributed by atoms with van der Waals surface area (Å²) < 4.78 is 0. The molecule has 96 valence electrons. The highest BCUT2D eigenvalue weighted by atomic mass is 16.2. The van der Waals surface area contributed by atoms with Crippen molar-refractivity contribution in [2.75, 3.05) is 14.1 Å². The number of carbonyl (C=O) groups is 1. The largest absolute Gasteiger partial charge is 0.345 e. The Morgan fingerprint density at radius 3 is 3.06 bits per heavy atom. The third kappa shape index (κ3) is 2.85. The van der Waals surface area contributed by atoms with Gasteiger partial charge in [-0.15, -0.1) is 0 Å². The summed E-state index contributed by atoms with van der Waals surface area (Å²) in [4.78, 5) is 18.8. The predicted octanol–water partition coefficient (Wildman–Crippen LogP) is 0.0255. The predicted molar refractivity (Wildman–Crippen MR) is 69.6 cm³/mol. The van der Waals surface area contributed by atoms with Crippen molar-refractivity contribution in [3.63, 3.8) is 0 Å². The number of hydrogen-bond donors (Lipinski definition) is 3. The van der Waals surface area contributed by atoms with Gasteiger partial charge in [-0.3, -0.25) is 10.2 Å². The fourth-order valence-electron chi connectivity index (χ4n) is 1.76. The van der Waals surface area contributed by atoms with E-state index in [-0.39, 0.29) is 5.91 Å². The van der Waals surface area contributed by atoms with Crippen LogP contribution >= 0.6 is 0 Å². The van der Waals surface area contributed by atoms with Crippen LogP contribution in [-0.4, -0.2) is 41.0 Å². The number of amides is 1. The zero-order chi connectivity index (χ0) is 13.1. The minimum absolute atomic E-state index is 0.190. The van der Waals surface area contributed by atoms with Crippen LogP contribution in [-0.2, 0) is 11.2 Å². The molecule has 1 aromatic heterocycles. The molecule has 4 N–H and O–H groups in total. The van der Waals surface area contributed by atoms with Gasteiger partial charge in [0.2, 0.25) is 0 Å². The van der Waals surface area contributed by atoms with Gasteiger partial charge >= 0.3 is 0 Å². The summed E-state index contributed by atoms with van der Waals surface area (Å²) in [7, 11) is 3.50. The highest BCUT2D eigenvalue weighted by molar-refractivity contribution is 5.81. The first-order valence-electron chi connectivity index (χ1n) is 5.71. The van der Waals surface area contributed by atoms with Crippen LogP contribution in [0.3, 0.4) is 0 Å². The van der Waals surface area contributed by atoms with Crippen molar-refractivity contribution in [1.82, 2.24) is 20.4 Å². The Morgan fingerprint density at radius 1 is 1.56 bits per heavy atom. The Hall–Kier alpha value is -1.92. The molecule has 2 rings (SSSR count). The Kier molecular flexibility index (Phi) is 3.59. The molecule has 6 heteroatoms. The molecule has 0 aliphatic carbocycles. The van der Waals surface area contributed by atoms with Crippen LogP contribution < -0.4 is 11.2 Å². The fraction of sp³-hybridized carbons (Fsp3) is 0.333. The summed E-state index contributed by atoms with van der Waals surface area (Å²) in [6.45, 7) is 0. The smallest absolute Gasteiger partial charge is 0.251 e. The highest BCUT2D eigenvalue weighted by Crippen LogP contribution is 2.12. The maximum Gasteiger partial charge on any atom is 0.251 e. The van der Waals surface area contributed by atoms with Crippen LogP contribution in [0, 0.1) is 0 Å². The maximum absolute atomic E-state index is 11.7. The summed E-state index contributed by atoms with van der Waals surface area (Å²) in [5.74, 6) is -0.190. The molecule has 0 bridgehead atoms. The first-order valence-corrected chi connectivity index (χ1v) is 5.71. The normalized spacial score (nSPS) is 12.9. The lowest BCUT2D eigenvalue weighted by atomic mass is 10.1. The molecule has 0 spiro atoms. The van der Waals surface area contributed by atoms with Gasteiger partial charge in [0, 0.05) is 14.1 Å². The number of H-pyrrole nitrogens is 1. The zero-order valence-corrected chi connectivity index (χ0v) is 10.5. The number of imidazole rings is 1. The first kappa shape index (κ1) is 12.5. The van der Waals surface area contributed by atoms with Gasteiger partial charge in [0.1, 0.15) is 0 Å². The number of rotatable bonds is 4. The lowest BCUT2D eigenvalue weighted by Crippen LogP contribution is -2.47. The van der Waals surface area contributed by atoms with E-state index in [0.717, 1.165) is 16.6 Å². The van der Waals surface area contributed by atoms with Crippen LogP contribution in [0.15, 0.2) is 24.5 Å². The third-order valence-corrected chi connectivity index (χ3v) is 2.61. The molecule has 0 aliphatic rings. The van der Waals surface area contributed by atoms with E-state index in [2.05, 4.69) is 15.4 Å². The molecule has 0 fully saturated rings. The van der Waals surface area contributed by atoms with Crippen molar-refractivity contribution in [2.45, 2.75) is 12.5 Å². The number of aromatic nitrogens is 2. The molecule has 0 saturated carbocycles. The lowest BCUT2D eigenvalue weighted by molar-refractivity contribution is -0.126.